The summed E-state index contributed by atoms with van der Waals surface area (Å²) >= 11 is 0. The number of amides is 4. The molecule has 0 unspecified atom stereocenters. The number of benzene rings is 6. The van der Waals surface area contributed by atoms with Gasteiger partial charge in [-0.2, -0.15) is 0 Å². The second-order valence-electron chi connectivity index (χ2n) is 14.1. The van der Waals surface area contributed by atoms with E-state index in [2.05, 4.69) is 105 Å². The minimum absolute atomic E-state index is 0.0796. The zero-order valence-electron chi connectivity index (χ0n) is 30.9. The molecule has 6 aromatic carbocycles. The summed E-state index contributed by atoms with van der Waals surface area (Å²) in [6.07, 6.45) is 1.60. The maximum Gasteiger partial charge on any atom is 0.321 e. The Hall–Kier alpha value is -5.70. The molecule has 1 aliphatic heterocycles. The number of nitrogens with one attached hydrogen (secondary N) is 2. The van der Waals surface area contributed by atoms with Crippen molar-refractivity contribution >= 4 is 45.0 Å². The van der Waals surface area contributed by atoms with Gasteiger partial charge < -0.3 is 20.4 Å². The van der Waals surface area contributed by atoms with Crippen LogP contribution in [0.4, 0.5) is 21.0 Å². The third-order valence-electron chi connectivity index (χ3n) is 10.3. The van der Waals surface area contributed by atoms with Crippen molar-refractivity contribution in [2.24, 2.45) is 0 Å². The van der Waals surface area contributed by atoms with E-state index >= 15 is 0 Å². The fraction of sp³-hybridized carbons (Fsp3) is 0.261. The quantitative estimate of drug-likeness (QED) is 0.180. The normalized spacial score (nSPS) is 15.5. The van der Waals surface area contributed by atoms with E-state index < -0.39 is 0 Å². The molecule has 2 N–H and O–H groups in total. The van der Waals surface area contributed by atoms with Gasteiger partial charge in [-0.3, -0.25) is 9.80 Å². The van der Waals surface area contributed by atoms with Crippen LogP contribution in [0, 0.1) is 0 Å². The Kier molecular flexibility index (Phi) is 12.5. The molecule has 4 amide bonds. The van der Waals surface area contributed by atoms with Crippen LogP contribution in [-0.2, 0) is 13.1 Å². The largest absolute Gasteiger partial charge is 0.323 e. The molecule has 7 rings (SSSR count). The predicted molar refractivity (Wildman–Crippen MR) is 222 cm³/mol. The summed E-state index contributed by atoms with van der Waals surface area (Å²) in [7, 11) is 0. The minimum atomic E-state index is -0.0796. The van der Waals surface area contributed by atoms with E-state index in [1.165, 1.54) is 11.1 Å². The molecule has 8 nitrogen and oxygen atoms in total. The molecule has 1 saturated heterocycles. The van der Waals surface area contributed by atoms with Crippen molar-refractivity contribution in [2.45, 2.75) is 25.9 Å². The molecule has 0 aliphatic carbocycles. The lowest BCUT2D eigenvalue weighted by atomic mass is 10.1. The SMILES string of the molecule is O=C(Nc1cccc2ccccc12)N1CCCN(Cc2ccccc2)CCN(C(=O)Nc2cccc3ccccc23)CCCN(Cc2ccccc2)CC1. The maximum absolute atomic E-state index is 14.1. The van der Waals surface area contributed by atoms with Gasteiger partial charge in [0, 0.05) is 76.2 Å². The number of carbonyl (C=O) groups excluding carboxylic acids is 2. The first-order chi connectivity index (χ1) is 26.6. The summed E-state index contributed by atoms with van der Waals surface area (Å²) in [5.74, 6) is 0. The van der Waals surface area contributed by atoms with Gasteiger partial charge in [0.2, 0.25) is 0 Å². The van der Waals surface area contributed by atoms with Crippen LogP contribution < -0.4 is 10.6 Å². The molecule has 6 aromatic rings. The van der Waals surface area contributed by atoms with Crippen LogP contribution in [-0.4, -0.2) is 84.0 Å². The summed E-state index contributed by atoms with van der Waals surface area (Å²) < 4.78 is 0. The average molecular weight is 719 g/mol. The van der Waals surface area contributed by atoms with Gasteiger partial charge >= 0.3 is 12.1 Å². The monoisotopic (exact) mass is 718 g/mol. The van der Waals surface area contributed by atoms with Crippen LogP contribution in [0.5, 0.6) is 0 Å². The number of carbonyl (C=O) groups is 2. The highest BCUT2D eigenvalue weighted by atomic mass is 16.2. The molecule has 1 aliphatic rings. The van der Waals surface area contributed by atoms with E-state index in [1.54, 1.807) is 0 Å². The molecule has 0 bridgehead atoms. The summed E-state index contributed by atoms with van der Waals surface area (Å²) in [6, 6.07) is 49.3. The van der Waals surface area contributed by atoms with Crippen molar-refractivity contribution in [3.8, 4) is 0 Å². The van der Waals surface area contributed by atoms with Crippen molar-refractivity contribution in [1.82, 2.24) is 19.6 Å². The fourth-order valence-corrected chi connectivity index (χ4v) is 7.40. The standard InChI is InChI=1S/C46H50N6O2/c53-45(47-43-25-11-21-39-19-7-9-23-41(39)43)51-30-14-28-50(36-38-17-5-2-6-18-38)32-34-52(29-13-27-49(31-33-51)35-37-15-3-1-4-16-37)46(54)48-44-26-12-22-40-20-8-10-24-42(40)44/h1-12,15-26H,13-14,27-36H2,(H,47,53)(H,48,54). The van der Waals surface area contributed by atoms with Crippen LogP contribution in [0.2, 0.25) is 0 Å². The number of anilines is 2. The Labute approximate surface area is 319 Å². The van der Waals surface area contributed by atoms with Crippen molar-refractivity contribution in [2.75, 3.05) is 63.0 Å². The lowest BCUT2D eigenvalue weighted by Crippen LogP contribution is -2.45. The number of hydrogen-bond acceptors (Lipinski definition) is 4. The molecular weight excluding hydrogens is 669 g/mol. The molecule has 8 heteroatoms. The first kappa shape index (κ1) is 36.6. The first-order valence-electron chi connectivity index (χ1n) is 19.2. The van der Waals surface area contributed by atoms with Gasteiger partial charge in [-0.15, -0.1) is 0 Å². The highest BCUT2D eigenvalue weighted by molar-refractivity contribution is 6.02. The van der Waals surface area contributed by atoms with Gasteiger partial charge in [-0.25, -0.2) is 9.59 Å². The maximum atomic E-state index is 14.1. The van der Waals surface area contributed by atoms with Crippen LogP contribution >= 0.6 is 0 Å². The van der Waals surface area contributed by atoms with Gasteiger partial charge in [0.15, 0.2) is 0 Å². The highest BCUT2D eigenvalue weighted by Crippen LogP contribution is 2.25. The number of urea groups is 2. The van der Waals surface area contributed by atoms with Gasteiger partial charge in [0.1, 0.15) is 0 Å². The van der Waals surface area contributed by atoms with Gasteiger partial charge in [-0.05, 0) is 46.9 Å². The lowest BCUT2D eigenvalue weighted by Gasteiger charge is -2.32. The Bertz CT molecular complexity index is 1960. The third-order valence-corrected chi connectivity index (χ3v) is 10.3. The van der Waals surface area contributed by atoms with Crippen molar-refractivity contribution in [3.05, 3.63) is 157 Å². The van der Waals surface area contributed by atoms with E-state index in [1.807, 2.05) is 70.5 Å². The lowest BCUT2D eigenvalue weighted by molar-refractivity contribution is 0.161. The third kappa shape index (κ3) is 9.83. The first-order valence-corrected chi connectivity index (χ1v) is 19.2. The highest BCUT2D eigenvalue weighted by Gasteiger charge is 2.21. The molecule has 276 valence electrons. The molecule has 0 atom stereocenters. The van der Waals surface area contributed by atoms with E-state index in [9.17, 15) is 9.59 Å². The van der Waals surface area contributed by atoms with Crippen LogP contribution in [0.3, 0.4) is 0 Å². The second-order valence-corrected chi connectivity index (χ2v) is 14.1. The van der Waals surface area contributed by atoms with Gasteiger partial charge in [0.25, 0.3) is 0 Å². The predicted octanol–water partition coefficient (Wildman–Crippen LogP) is 9.16. The fourth-order valence-electron chi connectivity index (χ4n) is 7.40. The summed E-state index contributed by atoms with van der Waals surface area (Å²) in [5.41, 5.74) is 4.11. The number of nitrogens with zero attached hydrogens (tertiary/aromatic N) is 4. The Morgan fingerprint density at radius 3 is 1.24 bits per heavy atom. The molecular formula is C46H50N6O2. The summed E-state index contributed by atoms with van der Waals surface area (Å²) in [5, 5.41) is 10.8. The average Bonchev–Trinajstić information content (AvgIpc) is 3.20. The van der Waals surface area contributed by atoms with E-state index in [0.29, 0.717) is 39.3 Å². The number of rotatable bonds is 6. The van der Waals surface area contributed by atoms with Gasteiger partial charge in [-0.1, -0.05) is 133 Å². The second kappa shape index (κ2) is 18.4. The van der Waals surface area contributed by atoms with Crippen LogP contribution in [0.15, 0.2) is 146 Å². The Morgan fingerprint density at radius 2 is 0.796 bits per heavy atom. The van der Waals surface area contributed by atoms with Crippen molar-refractivity contribution < 1.29 is 9.59 Å². The van der Waals surface area contributed by atoms with Gasteiger partial charge in [0.05, 0.1) is 11.4 Å². The molecule has 1 heterocycles. The van der Waals surface area contributed by atoms with E-state index in [-0.39, 0.29) is 12.1 Å². The smallest absolute Gasteiger partial charge is 0.321 e. The van der Waals surface area contributed by atoms with E-state index in [0.717, 1.165) is 71.9 Å². The molecule has 0 radical (unpaired) electrons. The Balaban J connectivity index is 1.12. The number of fused-ring (bicyclic) bond motifs is 2. The van der Waals surface area contributed by atoms with Crippen molar-refractivity contribution in [1.29, 1.82) is 0 Å². The molecule has 54 heavy (non-hydrogen) atoms. The van der Waals surface area contributed by atoms with Crippen molar-refractivity contribution in [3.63, 3.8) is 0 Å². The van der Waals surface area contributed by atoms with E-state index in [4.69, 9.17) is 0 Å². The minimum Gasteiger partial charge on any atom is -0.323 e. The Morgan fingerprint density at radius 1 is 0.407 bits per heavy atom. The molecule has 0 saturated carbocycles. The van der Waals surface area contributed by atoms with Crippen LogP contribution in [0.1, 0.15) is 24.0 Å². The molecule has 1 fully saturated rings. The summed E-state index contributed by atoms with van der Waals surface area (Å²) in [6.45, 7) is 6.97. The van der Waals surface area contributed by atoms with Crippen LogP contribution in [0.25, 0.3) is 21.5 Å². The molecule has 0 aromatic heterocycles. The zero-order valence-corrected chi connectivity index (χ0v) is 30.9. The molecule has 0 spiro atoms. The zero-order chi connectivity index (χ0) is 37.0. The summed E-state index contributed by atoms with van der Waals surface area (Å²) in [4.78, 5) is 36.9. The topological polar surface area (TPSA) is 71.2 Å². The number of hydrogen-bond donors (Lipinski definition) is 2.